The SMILES string of the molecule is O=C(Nc1ccccc1)N1C[C@@H]2C[C@H](C1)c1ccc(C3CCCCC3)c(=O)n1C2. The van der Waals surface area contributed by atoms with Crippen molar-refractivity contribution in [1.82, 2.24) is 9.47 Å². The van der Waals surface area contributed by atoms with E-state index in [0.29, 0.717) is 24.9 Å². The fraction of sp³-hybridized carbons (Fsp3) is 0.500. The van der Waals surface area contributed by atoms with Crippen molar-refractivity contribution < 1.29 is 4.79 Å². The van der Waals surface area contributed by atoms with Crippen LogP contribution < -0.4 is 10.9 Å². The zero-order valence-electron chi connectivity index (χ0n) is 16.8. The molecule has 1 N–H and O–H groups in total. The molecule has 0 spiro atoms. The van der Waals surface area contributed by atoms with Gasteiger partial charge < -0.3 is 14.8 Å². The lowest BCUT2D eigenvalue weighted by atomic mass is 9.81. The third-order valence-electron chi connectivity index (χ3n) is 6.99. The highest BCUT2D eigenvalue weighted by molar-refractivity contribution is 5.89. The summed E-state index contributed by atoms with van der Waals surface area (Å²) in [7, 11) is 0. The number of carbonyl (C=O) groups excluding carboxylic acids is 1. The van der Waals surface area contributed by atoms with Gasteiger partial charge >= 0.3 is 6.03 Å². The first-order valence-electron chi connectivity index (χ1n) is 11.0. The van der Waals surface area contributed by atoms with Crippen molar-refractivity contribution in [3.63, 3.8) is 0 Å². The molecule has 2 aromatic rings. The first-order valence-corrected chi connectivity index (χ1v) is 11.0. The average Bonchev–Trinajstić information content (AvgIpc) is 2.76. The maximum absolute atomic E-state index is 13.3. The summed E-state index contributed by atoms with van der Waals surface area (Å²) in [4.78, 5) is 28.0. The van der Waals surface area contributed by atoms with Crippen LogP contribution in [0.4, 0.5) is 10.5 Å². The Morgan fingerprint density at radius 1 is 0.897 bits per heavy atom. The molecule has 1 saturated heterocycles. The van der Waals surface area contributed by atoms with Crippen LogP contribution in [0.5, 0.6) is 0 Å². The average molecular weight is 392 g/mol. The summed E-state index contributed by atoms with van der Waals surface area (Å²) in [5.41, 5.74) is 3.18. The van der Waals surface area contributed by atoms with E-state index in [1.807, 2.05) is 39.8 Å². The van der Waals surface area contributed by atoms with Crippen LogP contribution in [-0.4, -0.2) is 28.6 Å². The van der Waals surface area contributed by atoms with Crippen LogP contribution in [0.1, 0.15) is 61.6 Å². The summed E-state index contributed by atoms with van der Waals surface area (Å²) < 4.78 is 2.04. The van der Waals surface area contributed by atoms with Crippen molar-refractivity contribution in [2.24, 2.45) is 5.92 Å². The minimum absolute atomic E-state index is 0.0412. The Labute approximate surface area is 171 Å². The molecule has 5 heteroatoms. The first-order chi connectivity index (χ1) is 14.2. The molecule has 2 atom stereocenters. The van der Waals surface area contributed by atoms with Crippen LogP contribution in [0.3, 0.4) is 0 Å². The number of nitrogens with one attached hydrogen (secondary N) is 1. The lowest BCUT2D eigenvalue weighted by Gasteiger charge is -2.43. The molecule has 5 nitrogen and oxygen atoms in total. The molecule has 3 heterocycles. The molecule has 2 amide bonds. The Balaban J connectivity index is 1.36. The number of hydrogen-bond donors (Lipinski definition) is 1. The number of amides is 2. The normalized spacial score (nSPS) is 24.1. The van der Waals surface area contributed by atoms with Crippen LogP contribution in [0.2, 0.25) is 0 Å². The van der Waals surface area contributed by atoms with Crippen LogP contribution in [-0.2, 0) is 6.54 Å². The molecule has 152 valence electrons. The number of aromatic nitrogens is 1. The van der Waals surface area contributed by atoms with E-state index in [0.717, 1.165) is 42.8 Å². The highest BCUT2D eigenvalue weighted by Gasteiger charge is 2.37. The standard InChI is InChI=1S/C24H29N3O2/c28-23-21(18-7-3-1-4-8-18)11-12-22-19-13-17(15-27(22)23)14-26(16-19)24(29)25-20-9-5-2-6-10-20/h2,5-6,9-12,17-19H,1,3-4,7-8,13-16H2,(H,25,29)/t17-,19+/m0/s1. The number of hydrogen-bond acceptors (Lipinski definition) is 2. The molecular formula is C24H29N3O2. The number of carbonyl (C=O) groups is 1. The quantitative estimate of drug-likeness (QED) is 0.817. The monoisotopic (exact) mass is 391 g/mol. The number of fused-ring (bicyclic) bond motifs is 4. The second kappa shape index (κ2) is 7.69. The lowest BCUT2D eigenvalue weighted by molar-refractivity contribution is 0.139. The van der Waals surface area contributed by atoms with Gasteiger partial charge in [0.05, 0.1) is 0 Å². The van der Waals surface area contributed by atoms with Crippen molar-refractivity contribution in [2.75, 3.05) is 18.4 Å². The predicted octanol–water partition coefficient (Wildman–Crippen LogP) is 4.55. The maximum Gasteiger partial charge on any atom is 0.321 e. The van der Waals surface area contributed by atoms with E-state index in [1.54, 1.807) is 0 Å². The number of para-hydroxylation sites is 1. The largest absolute Gasteiger partial charge is 0.324 e. The summed E-state index contributed by atoms with van der Waals surface area (Å²) in [6.45, 7) is 2.13. The van der Waals surface area contributed by atoms with Gasteiger partial charge in [0, 0.05) is 42.5 Å². The Bertz CT molecular complexity index is 946. The second-order valence-corrected chi connectivity index (χ2v) is 8.96. The van der Waals surface area contributed by atoms with Gasteiger partial charge in [0.25, 0.3) is 5.56 Å². The molecule has 1 aromatic carbocycles. The Morgan fingerprint density at radius 2 is 1.69 bits per heavy atom. The number of rotatable bonds is 2. The van der Waals surface area contributed by atoms with Gasteiger partial charge in [0.1, 0.15) is 0 Å². The van der Waals surface area contributed by atoms with E-state index in [-0.39, 0.29) is 17.5 Å². The molecule has 1 saturated carbocycles. The van der Waals surface area contributed by atoms with Gasteiger partial charge in [0.2, 0.25) is 0 Å². The molecule has 2 aliphatic heterocycles. The van der Waals surface area contributed by atoms with Gasteiger partial charge in [0.15, 0.2) is 0 Å². The molecule has 1 aromatic heterocycles. The molecular weight excluding hydrogens is 362 g/mol. The van der Waals surface area contributed by atoms with Crippen LogP contribution in [0.15, 0.2) is 47.3 Å². The highest BCUT2D eigenvalue weighted by Crippen LogP contribution is 2.37. The molecule has 0 unspecified atom stereocenters. The summed E-state index contributed by atoms with van der Waals surface area (Å²) in [5.74, 6) is 1.03. The Kier molecular flexibility index (Phi) is 4.90. The Morgan fingerprint density at radius 3 is 2.48 bits per heavy atom. The zero-order chi connectivity index (χ0) is 19.8. The number of pyridine rings is 1. The Hall–Kier alpha value is -2.56. The molecule has 0 radical (unpaired) electrons. The molecule has 3 aliphatic rings. The lowest BCUT2D eigenvalue weighted by Crippen LogP contribution is -2.50. The van der Waals surface area contributed by atoms with Crippen LogP contribution in [0, 0.1) is 5.92 Å². The van der Waals surface area contributed by atoms with E-state index < -0.39 is 0 Å². The third-order valence-corrected chi connectivity index (χ3v) is 6.99. The smallest absolute Gasteiger partial charge is 0.321 e. The van der Waals surface area contributed by atoms with E-state index >= 15 is 0 Å². The van der Waals surface area contributed by atoms with E-state index in [2.05, 4.69) is 17.4 Å². The van der Waals surface area contributed by atoms with Gasteiger partial charge in [-0.2, -0.15) is 0 Å². The van der Waals surface area contributed by atoms with Crippen LogP contribution in [0.25, 0.3) is 0 Å². The molecule has 1 aliphatic carbocycles. The van der Waals surface area contributed by atoms with E-state index in [1.165, 1.54) is 19.3 Å². The number of urea groups is 1. The fourth-order valence-electron chi connectivity index (χ4n) is 5.58. The van der Waals surface area contributed by atoms with Crippen molar-refractivity contribution >= 4 is 11.7 Å². The molecule has 2 fully saturated rings. The van der Waals surface area contributed by atoms with Gasteiger partial charge in [-0.25, -0.2) is 4.79 Å². The number of anilines is 1. The zero-order valence-corrected chi connectivity index (χ0v) is 16.8. The highest BCUT2D eigenvalue weighted by atomic mass is 16.2. The van der Waals surface area contributed by atoms with Gasteiger partial charge in [-0.05, 0) is 49.3 Å². The summed E-state index contributed by atoms with van der Waals surface area (Å²) in [5, 5.41) is 3.01. The van der Waals surface area contributed by atoms with E-state index in [9.17, 15) is 9.59 Å². The number of likely N-dealkylation sites (tertiary alicyclic amines) is 1. The predicted molar refractivity (Wildman–Crippen MR) is 114 cm³/mol. The van der Waals surface area contributed by atoms with Gasteiger partial charge in [-0.15, -0.1) is 0 Å². The minimum Gasteiger partial charge on any atom is -0.324 e. The molecule has 5 rings (SSSR count). The molecule has 29 heavy (non-hydrogen) atoms. The fourth-order valence-corrected chi connectivity index (χ4v) is 5.58. The topological polar surface area (TPSA) is 54.3 Å². The number of piperidine rings is 1. The first kappa shape index (κ1) is 18.5. The van der Waals surface area contributed by atoms with Crippen molar-refractivity contribution in [3.8, 4) is 0 Å². The van der Waals surface area contributed by atoms with Crippen LogP contribution >= 0.6 is 0 Å². The second-order valence-electron chi connectivity index (χ2n) is 8.96. The third kappa shape index (κ3) is 3.59. The van der Waals surface area contributed by atoms with Crippen molar-refractivity contribution in [2.45, 2.75) is 56.9 Å². The van der Waals surface area contributed by atoms with Gasteiger partial charge in [-0.1, -0.05) is 43.5 Å². The number of nitrogens with zero attached hydrogens (tertiary/aromatic N) is 2. The number of benzene rings is 1. The summed E-state index contributed by atoms with van der Waals surface area (Å²) in [6, 6.07) is 13.8. The summed E-state index contributed by atoms with van der Waals surface area (Å²) in [6.07, 6.45) is 7.14. The van der Waals surface area contributed by atoms with E-state index in [4.69, 9.17) is 0 Å². The summed E-state index contributed by atoms with van der Waals surface area (Å²) >= 11 is 0. The molecule has 2 bridgehead atoms. The van der Waals surface area contributed by atoms with Crippen molar-refractivity contribution in [3.05, 3.63) is 64.1 Å². The minimum atomic E-state index is -0.0412. The van der Waals surface area contributed by atoms with Crippen molar-refractivity contribution in [1.29, 1.82) is 0 Å². The maximum atomic E-state index is 13.3. The van der Waals surface area contributed by atoms with Gasteiger partial charge in [-0.3, -0.25) is 4.79 Å².